The van der Waals surface area contributed by atoms with Gasteiger partial charge < -0.3 is 4.90 Å². The van der Waals surface area contributed by atoms with Crippen molar-refractivity contribution in [2.45, 2.75) is 19.4 Å². The lowest BCUT2D eigenvalue weighted by atomic mass is 10.0. The molecule has 1 aliphatic rings. The molecule has 0 fully saturated rings. The maximum atomic E-state index is 12.8. The number of benzene rings is 2. The molecule has 2 aromatic carbocycles. The molecule has 5 heteroatoms. The summed E-state index contributed by atoms with van der Waals surface area (Å²) in [7, 11) is 4.12. The number of hydrogen-bond donors (Lipinski definition) is 0. The normalized spacial score (nSPS) is 14.5. The van der Waals surface area contributed by atoms with E-state index in [9.17, 15) is 4.79 Å². The largest absolute Gasteiger partial charge is 0.305 e. The Bertz CT molecular complexity index is 1040. The van der Waals surface area contributed by atoms with Crippen molar-refractivity contribution in [3.63, 3.8) is 0 Å². The Morgan fingerprint density at radius 1 is 1.19 bits per heavy atom. The highest BCUT2D eigenvalue weighted by atomic mass is 35.5. The number of carbonyl (C=O) groups is 1. The molecule has 0 saturated carbocycles. The molecule has 1 heterocycles. The van der Waals surface area contributed by atoms with Crippen molar-refractivity contribution in [2.75, 3.05) is 14.1 Å². The Morgan fingerprint density at radius 2 is 2.04 bits per heavy atom. The lowest BCUT2D eigenvalue weighted by Gasteiger charge is -2.12. The monoisotopic (exact) mass is 382 g/mol. The second-order valence-corrected chi connectivity index (χ2v) is 8.30. The smallest absolute Gasteiger partial charge is 0.166 e. The Kier molecular flexibility index (Phi) is 4.65. The molecular weight excluding hydrogens is 364 g/mol. The number of nitrogens with zero attached hydrogens (tertiary/aromatic N) is 2. The van der Waals surface area contributed by atoms with Crippen LogP contribution in [0.15, 0.2) is 36.4 Å². The molecule has 0 spiro atoms. The van der Waals surface area contributed by atoms with Gasteiger partial charge in [0.05, 0.1) is 15.3 Å². The molecule has 1 aromatic heterocycles. The number of thiazole rings is 1. The lowest BCUT2D eigenvalue weighted by Crippen LogP contribution is -2.11. The van der Waals surface area contributed by atoms with Gasteiger partial charge in [0.2, 0.25) is 0 Å². The molecule has 0 radical (unpaired) electrons. The van der Waals surface area contributed by atoms with Gasteiger partial charge in [0, 0.05) is 13.0 Å². The molecule has 3 nitrogen and oxygen atoms in total. The van der Waals surface area contributed by atoms with Crippen molar-refractivity contribution >= 4 is 50.6 Å². The van der Waals surface area contributed by atoms with E-state index in [0.29, 0.717) is 17.0 Å². The summed E-state index contributed by atoms with van der Waals surface area (Å²) in [6, 6.07) is 12.2. The van der Waals surface area contributed by atoms with Crippen molar-refractivity contribution in [3.05, 3.63) is 63.1 Å². The highest BCUT2D eigenvalue weighted by Gasteiger charge is 2.21. The molecular formula is C21H19ClN2OS. The molecule has 0 amide bonds. The molecule has 0 atom stereocenters. The van der Waals surface area contributed by atoms with Crippen molar-refractivity contribution in [3.8, 4) is 0 Å². The van der Waals surface area contributed by atoms with Gasteiger partial charge in [0.15, 0.2) is 5.78 Å². The molecule has 1 aliphatic carbocycles. The summed E-state index contributed by atoms with van der Waals surface area (Å²) < 4.78 is 1.01. The van der Waals surface area contributed by atoms with Gasteiger partial charge in [-0.1, -0.05) is 35.9 Å². The van der Waals surface area contributed by atoms with Crippen LogP contribution >= 0.6 is 22.9 Å². The minimum Gasteiger partial charge on any atom is -0.305 e. The number of ketones is 1. The van der Waals surface area contributed by atoms with E-state index in [1.807, 2.05) is 24.3 Å². The van der Waals surface area contributed by atoms with Crippen LogP contribution in [-0.4, -0.2) is 29.8 Å². The fourth-order valence-electron chi connectivity index (χ4n) is 3.31. The first-order valence-corrected chi connectivity index (χ1v) is 9.77. The molecule has 0 N–H and O–H groups in total. The number of rotatable bonds is 3. The first kappa shape index (κ1) is 17.4. The van der Waals surface area contributed by atoms with Crippen molar-refractivity contribution < 1.29 is 4.79 Å². The number of Topliss-reactive ketones (excluding diaryl/α,β-unsaturated/α-hetero) is 1. The molecule has 26 heavy (non-hydrogen) atoms. The number of aryl methyl sites for hydroxylation is 1. The first-order valence-electron chi connectivity index (χ1n) is 8.58. The summed E-state index contributed by atoms with van der Waals surface area (Å²) in [6.07, 6.45) is 3.27. The number of fused-ring (bicyclic) bond motifs is 2. The molecule has 4 rings (SSSR count). The lowest BCUT2D eigenvalue weighted by molar-refractivity contribution is -0.113. The zero-order valence-corrected chi connectivity index (χ0v) is 16.3. The zero-order valence-electron chi connectivity index (χ0n) is 14.8. The number of halogens is 1. The van der Waals surface area contributed by atoms with E-state index in [4.69, 9.17) is 11.6 Å². The molecule has 0 aliphatic heterocycles. The van der Waals surface area contributed by atoms with Gasteiger partial charge in [-0.15, -0.1) is 11.3 Å². The first-order chi connectivity index (χ1) is 12.5. The number of para-hydroxylation sites is 1. The van der Waals surface area contributed by atoms with Crippen LogP contribution in [0.1, 0.15) is 28.1 Å². The third-order valence-corrected chi connectivity index (χ3v) is 5.89. The predicted molar refractivity (Wildman–Crippen MR) is 110 cm³/mol. The average Bonchev–Trinajstić information content (AvgIpc) is 2.96. The van der Waals surface area contributed by atoms with E-state index < -0.39 is 0 Å². The Balaban J connectivity index is 1.78. The standard InChI is InChI=1S/C21H19ClN2OS/c1-24(2)12-13-6-7-15-11-16(18(25)9-8-14(15)10-13)21-23-20-17(22)4-3-5-19(20)26-21/h3-7,10-11H,8-9,12H2,1-2H3. The Morgan fingerprint density at radius 3 is 2.81 bits per heavy atom. The van der Waals surface area contributed by atoms with E-state index >= 15 is 0 Å². The molecule has 0 unspecified atom stereocenters. The van der Waals surface area contributed by atoms with Crippen molar-refractivity contribution in [1.29, 1.82) is 0 Å². The second kappa shape index (κ2) is 6.95. The predicted octanol–water partition coefficient (Wildman–Crippen LogP) is 5.07. The van der Waals surface area contributed by atoms with Crippen molar-refractivity contribution in [1.82, 2.24) is 9.88 Å². The second-order valence-electron chi connectivity index (χ2n) is 6.86. The number of hydrogen-bond acceptors (Lipinski definition) is 4. The van der Waals surface area contributed by atoms with Gasteiger partial charge >= 0.3 is 0 Å². The van der Waals surface area contributed by atoms with E-state index in [1.54, 1.807) is 0 Å². The number of carbonyl (C=O) groups excluding carboxylic acids is 1. The minimum absolute atomic E-state index is 0.144. The summed E-state index contributed by atoms with van der Waals surface area (Å²) in [5, 5.41) is 1.38. The zero-order chi connectivity index (χ0) is 18.3. The van der Waals surface area contributed by atoms with Crippen LogP contribution in [0.2, 0.25) is 5.02 Å². The Hall–Kier alpha value is -2.01. The number of allylic oxidation sites excluding steroid dienone is 1. The van der Waals surface area contributed by atoms with Gasteiger partial charge in [-0.05, 0) is 55.4 Å². The van der Waals surface area contributed by atoms with Crippen LogP contribution < -0.4 is 0 Å². The third kappa shape index (κ3) is 3.32. The van der Waals surface area contributed by atoms with Crippen LogP contribution in [-0.2, 0) is 17.8 Å². The fourth-order valence-corrected chi connectivity index (χ4v) is 4.61. The minimum atomic E-state index is 0.144. The van der Waals surface area contributed by atoms with E-state index in [1.165, 1.54) is 22.5 Å². The van der Waals surface area contributed by atoms with E-state index in [-0.39, 0.29) is 5.78 Å². The van der Waals surface area contributed by atoms with Crippen molar-refractivity contribution in [2.24, 2.45) is 0 Å². The third-order valence-electron chi connectivity index (χ3n) is 4.53. The summed E-state index contributed by atoms with van der Waals surface area (Å²) in [5.74, 6) is 0.144. The molecule has 132 valence electrons. The highest BCUT2D eigenvalue weighted by Crippen LogP contribution is 2.35. The van der Waals surface area contributed by atoms with Gasteiger partial charge in [-0.25, -0.2) is 4.98 Å². The molecule has 0 saturated heterocycles. The SMILES string of the molecule is CN(C)Cc1ccc2c(c1)CCC(=O)C(c1nc3c(Cl)cccc3s1)=C2. The quantitative estimate of drug-likeness (QED) is 0.634. The number of aromatic nitrogens is 1. The molecule has 0 bridgehead atoms. The highest BCUT2D eigenvalue weighted by molar-refractivity contribution is 7.20. The van der Waals surface area contributed by atoms with Crippen LogP contribution in [0.25, 0.3) is 21.9 Å². The topological polar surface area (TPSA) is 33.2 Å². The maximum absolute atomic E-state index is 12.8. The summed E-state index contributed by atoms with van der Waals surface area (Å²) in [4.78, 5) is 19.6. The molecule has 3 aromatic rings. The average molecular weight is 383 g/mol. The van der Waals surface area contributed by atoms with E-state index in [2.05, 4.69) is 42.2 Å². The van der Waals surface area contributed by atoms with Gasteiger partial charge in [-0.3, -0.25) is 4.79 Å². The van der Waals surface area contributed by atoms with Gasteiger partial charge in [0.25, 0.3) is 0 Å². The van der Waals surface area contributed by atoms with Crippen LogP contribution in [0.5, 0.6) is 0 Å². The van der Waals surface area contributed by atoms with Crippen LogP contribution in [0.4, 0.5) is 0 Å². The van der Waals surface area contributed by atoms with Crippen LogP contribution in [0, 0.1) is 0 Å². The van der Waals surface area contributed by atoms with Crippen LogP contribution in [0.3, 0.4) is 0 Å². The van der Waals surface area contributed by atoms with Gasteiger partial charge in [0.1, 0.15) is 10.5 Å². The fraction of sp³-hybridized carbons (Fsp3) is 0.238. The summed E-state index contributed by atoms with van der Waals surface area (Å²) in [5.41, 5.74) is 5.07. The summed E-state index contributed by atoms with van der Waals surface area (Å²) >= 11 is 7.78. The van der Waals surface area contributed by atoms with Gasteiger partial charge in [-0.2, -0.15) is 0 Å². The van der Waals surface area contributed by atoms with E-state index in [0.717, 1.165) is 33.8 Å². The maximum Gasteiger partial charge on any atom is 0.166 e. The Labute approximate surface area is 161 Å². The summed E-state index contributed by atoms with van der Waals surface area (Å²) in [6.45, 7) is 0.897.